The van der Waals surface area contributed by atoms with E-state index in [0.29, 0.717) is 5.02 Å². The van der Waals surface area contributed by atoms with Crippen LogP contribution in [0.3, 0.4) is 0 Å². The van der Waals surface area contributed by atoms with E-state index in [4.69, 9.17) is 32.5 Å². The van der Waals surface area contributed by atoms with Crippen molar-refractivity contribution in [2.75, 3.05) is 0 Å². The molecule has 2 nitrogen and oxygen atoms in total. The van der Waals surface area contributed by atoms with Gasteiger partial charge in [-0.15, -0.1) is 0 Å². The van der Waals surface area contributed by atoms with Crippen LogP contribution in [0.25, 0.3) is 0 Å². The molecule has 0 aliphatic carbocycles. The number of hydrogen-bond donors (Lipinski definition) is 0. The van der Waals surface area contributed by atoms with Gasteiger partial charge < -0.3 is 28.1 Å². The van der Waals surface area contributed by atoms with Crippen LogP contribution in [0.2, 0.25) is 10.0 Å². The molecular weight excluding hydrogens is 724 g/mol. The molecule has 0 bridgehead atoms. The molecule has 3 rings (SSSR count). The second-order valence-corrected chi connectivity index (χ2v) is 11.1. The molecule has 1 heterocycles. The fourth-order valence-electron chi connectivity index (χ4n) is 2.13. The fourth-order valence-corrected chi connectivity index (χ4v) is 4.02. The molecule has 1 saturated heterocycles. The van der Waals surface area contributed by atoms with Crippen molar-refractivity contribution in [2.45, 2.75) is 60.2 Å². The molecule has 1 fully saturated rings. The van der Waals surface area contributed by atoms with Gasteiger partial charge >= 0.3 is 30.2 Å². The number of benzene rings is 2. The van der Waals surface area contributed by atoms with Gasteiger partial charge in [-0.1, -0.05) is 52.6 Å². The van der Waals surface area contributed by atoms with Crippen molar-refractivity contribution in [1.29, 1.82) is 0 Å². The summed E-state index contributed by atoms with van der Waals surface area (Å²) in [6.07, 6.45) is 2.00. The van der Waals surface area contributed by atoms with Gasteiger partial charge in [0, 0.05) is 22.6 Å². The third kappa shape index (κ3) is 11.7. The van der Waals surface area contributed by atoms with Crippen LogP contribution in [0.5, 0.6) is 0 Å². The van der Waals surface area contributed by atoms with Crippen molar-refractivity contribution in [1.82, 2.24) is 0 Å². The minimum absolute atomic E-state index is 0. The van der Waals surface area contributed by atoms with Crippen LogP contribution in [0, 0.1) is 9.99 Å². The normalized spacial score (nSPS) is 14.9. The maximum Gasteiger partial charge on any atom is 2.00 e. The Morgan fingerprint density at radius 1 is 0.875 bits per heavy atom. The van der Waals surface area contributed by atoms with E-state index in [9.17, 15) is 0 Å². The van der Waals surface area contributed by atoms with E-state index in [-0.39, 0.29) is 61.2 Å². The van der Waals surface area contributed by atoms with Gasteiger partial charge in [-0.25, -0.2) is 0 Å². The molecule has 0 aromatic heterocycles. The van der Waals surface area contributed by atoms with Gasteiger partial charge in [-0.2, -0.15) is 13.8 Å². The van der Waals surface area contributed by atoms with E-state index in [0.717, 1.165) is 19.4 Å². The number of hydrogen-bond acceptors (Lipinski definition) is 2. The maximum absolute atomic E-state index is 5.98. The Hall–Kier alpha value is 1.75. The van der Waals surface area contributed by atoms with Gasteiger partial charge in [0.05, 0.1) is 11.2 Å². The van der Waals surface area contributed by atoms with Crippen LogP contribution in [-0.2, 0) is 9.31 Å². The average molecular weight is 754 g/mol. The van der Waals surface area contributed by atoms with Crippen molar-refractivity contribution < 1.29 is 21.7 Å². The molecule has 2 aromatic carbocycles. The predicted molar refractivity (Wildman–Crippen MR) is 155 cm³/mol. The van der Waals surface area contributed by atoms with E-state index in [1.54, 1.807) is 0 Å². The zero-order chi connectivity index (χ0) is 22.4. The number of halogens is 6. The first-order valence-electron chi connectivity index (χ1n) is 8.99. The van der Waals surface area contributed by atoms with Crippen LogP contribution in [0.1, 0.15) is 49.0 Å². The second-order valence-electron chi connectivity index (χ2n) is 7.39. The summed E-state index contributed by atoms with van der Waals surface area (Å²) < 4.78 is 15.1. The van der Waals surface area contributed by atoms with Crippen molar-refractivity contribution in [3.8, 4) is 0 Å². The zero-order valence-corrected chi connectivity index (χ0v) is 27.4. The quantitative estimate of drug-likeness (QED) is 0.164. The summed E-state index contributed by atoms with van der Waals surface area (Å²) in [5.74, 6) is 0. The Kier molecular flexibility index (Phi) is 20.6. The van der Waals surface area contributed by atoms with Gasteiger partial charge in [0.15, 0.2) is 0 Å². The minimum atomic E-state index is -0.355. The molecule has 176 valence electrons. The van der Waals surface area contributed by atoms with E-state index in [1.165, 1.54) is 3.57 Å². The van der Waals surface area contributed by atoms with E-state index in [1.807, 2.05) is 84.4 Å². The molecule has 0 radical (unpaired) electrons. The third-order valence-electron chi connectivity index (χ3n) is 4.35. The van der Waals surface area contributed by atoms with Crippen LogP contribution in [-0.4, -0.2) is 41.4 Å². The summed E-state index contributed by atoms with van der Waals surface area (Å²) in [6, 6.07) is 11.3. The van der Waals surface area contributed by atoms with E-state index in [2.05, 4.69) is 54.5 Å². The molecule has 1 aliphatic heterocycles. The summed E-state index contributed by atoms with van der Waals surface area (Å²) in [5.41, 5.74) is 0.320. The summed E-state index contributed by atoms with van der Waals surface area (Å²) in [6.45, 7) is 12.2. The summed E-state index contributed by atoms with van der Waals surface area (Å²) in [5, 5.41) is 1.46. The van der Waals surface area contributed by atoms with Crippen LogP contribution < -0.4 is 17.9 Å². The average Bonchev–Trinajstić information content (AvgIpc) is 2.80. The second kappa shape index (κ2) is 17.2. The Labute approximate surface area is 257 Å². The molecule has 10 heteroatoms. The van der Waals surface area contributed by atoms with Crippen LogP contribution in [0.4, 0.5) is 0 Å². The van der Waals surface area contributed by atoms with Gasteiger partial charge in [0.2, 0.25) is 0 Å². The molecule has 0 saturated carbocycles. The van der Waals surface area contributed by atoms with Crippen LogP contribution in [0.15, 0.2) is 45.3 Å². The Morgan fingerprint density at radius 2 is 1.25 bits per heavy atom. The van der Waals surface area contributed by atoms with Gasteiger partial charge in [-0.3, -0.25) is 0 Å². The monoisotopic (exact) mass is 750 g/mol. The summed E-state index contributed by atoms with van der Waals surface area (Å²) in [7, 11) is -0.355. The third-order valence-corrected chi connectivity index (χ3v) is 7.85. The Morgan fingerprint density at radius 3 is 1.59 bits per heavy atom. The number of rotatable bonds is 1. The van der Waals surface area contributed by atoms with E-state index < -0.39 is 0 Å². The zero-order valence-electron chi connectivity index (χ0n) is 18.4. The molecule has 0 unspecified atom stereocenters. The molecule has 0 amide bonds. The Bertz CT molecular complexity index is 814. The first-order valence-corrected chi connectivity index (χ1v) is 12.4. The first-order chi connectivity index (χ1) is 13.3. The van der Waals surface area contributed by atoms with Crippen molar-refractivity contribution >= 4 is 113 Å². The minimum Gasteiger partial charge on any atom is -1.00 e. The molecular formula is C22H29BBr2Cl3IMgO2. The largest absolute Gasteiger partial charge is 2.00 e. The summed E-state index contributed by atoms with van der Waals surface area (Å²) in [4.78, 5) is 0. The molecule has 32 heavy (non-hydrogen) atoms. The smallest absolute Gasteiger partial charge is 1.00 e. The first kappa shape index (κ1) is 38.3. The van der Waals surface area contributed by atoms with Crippen molar-refractivity contribution in [2.24, 2.45) is 0 Å². The maximum atomic E-state index is 5.98. The van der Waals surface area contributed by atoms with Gasteiger partial charge in [0.25, 0.3) is 0 Å². The molecule has 2 aromatic rings. The topological polar surface area (TPSA) is 18.5 Å². The van der Waals surface area contributed by atoms with Gasteiger partial charge in [-0.05, 0) is 102 Å². The fraction of sp³-hybridized carbons (Fsp3) is 0.409. The van der Waals surface area contributed by atoms with Crippen LogP contribution >= 0.6 is 77.7 Å². The Balaban J connectivity index is -0.000000481. The molecule has 0 N–H and O–H groups in total. The van der Waals surface area contributed by atoms with Crippen molar-refractivity contribution in [3.63, 3.8) is 0 Å². The molecule has 0 atom stereocenters. The summed E-state index contributed by atoms with van der Waals surface area (Å²) >= 11 is 20.7. The molecule has 1 aliphatic rings. The standard InChI is InChI=1S/C12H15BBrClO2.C6H3BrClI.C3H7.CH4.ClH.Mg/c1-11(2)12(3,4)17-13(16-11)9-6-5-8(15)7-10(9)14;7-5-3-4(8)1-2-6(5)9;1-3-2;;;/h5-7H,1-4H3;1-3H;3H,1-2H3;1H4;1H;/q;;-1;;;+2/p-1. The van der Waals surface area contributed by atoms with E-state index >= 15 is 0 Å². The SMILES string of the molecule is C.CC1(C)OB(c2ccc(Cl)cc2Br)OC1(C)C.C[CH-]C.Clc1ccc(I)c(Br)c1.[Cl-].[Mg+2]. The predicted octanol–water partition coefficient (Wildman–Crippen LogP) is 5.60. The molecule has 0 spiro atoms. The van der Waals surface area contributed by atoms with Crippen molar-refractivity contribution in [3.05, 3.63) is 65.4 Å². The van der Waals surface area contributed by atoms with Gasteiger partial charge in [0.1, 0.15) is 0 Å².